The second-order valence-electron chi connectivity index (χ2n) is 10.3. The number of hydrogen-bond donors (Lipinski definition) is 0. The maximum absolute atomic E-state index is 4.48. The van der Waals surface area contributed by atoms with E-state index < -0.39 is 0 Å². The third-order valence-corrected chi connectivity index (χ3v) is 7.18. The number of pyridine rings is 4. The summed E-state index contributed by atoms with van der Waals surface area (Å²) in [6, 6.07) is 20.6. The van der Waals surface area contributed by atoms with Crippen molar-refractivity contribution in [3.05, 3.63) is 96.6 Å². The molecule has 4 heteroatoms. The fraction of sp³-hybridized carbons (Fsp3) is 0.412. The van der Waals surface area contributed by atoms with Crippen molar-refractivity contribution >= 4 is 0 Å². The van der Waals surface area contributed by atoms with Gasteiger partial charge in [0.15, 0.2) is 0 Å². The van der Waals surface area contributed by atoms with Crippen molar-refractivity contribution in [2.45, 2.75) is 89.9 Å². The van der Waals surface area contributed by atoms with Gasteiger partial charge in [-0.05, 0) is 85.3 Å². The van der Waals surface area contributed by atoms with Crippen LogP contribution >= 0.6 is 0 Å². The zero-order valence-corrected chi connectivity index (χ0v) is 22.8. The highest BCUT2D eigenvalue weighted by Crippen LogP contribution is 2.19. The van der Waals surface area contributed by atoms with Gasteiger partial charge in [-0.2, -0.15) is 0 Å². The standard InChI is InChI=1S/C34H42N4/c1(3-5-7-9-11-17-29-21-25-37-33(27-29)31-19-13-15-23-35-31)2-4-6-8-10-12-18-30-22-26-38-34(28-30)32-20-14-16-24-36-32/h13-16,19-28H,1-12,17-18H2. The van der Waals surface area contributed by atoms with Crippen LogP contribution < -0.4 is 0 Å². The Bertz CT molecular complexity index is 1080. The van der Waals surface area contributed by atoms with Gasteiger partial charge >= 0.3 is 0 Å². The van der Waals surface area contributed by atoms with Gasteiger partial charge in [-0.25, -0.2) is 0 Å². The zero-order valence-electron chi connectivity index (χ0n) is 22.8. The highest BCUT2D eigenvalue weighted by atomic mass is 14.8. The van der Waals surface area contributed by atoms with E-state index >= 15 is 0 Å². The van der Waals surface area contributed by atoms with E-state index in [-0.39, 0.29) is 0 Å². The van der Waals surface area contributed by atoms with Gasteiger partial charge in [0.2, 0.25) is 0 Å². The number of aryl methyl sites for hydroxylation is 2. The van der Waals surface area contributed by atoms with Gasteiger partial charge in [-0.1, -0.05) is 76.3 Å². The topological polar surface area (TPSA) is 51.6 Å². The normalized spacial score (nSPS) is 11.1. The van der Waals surface area contributed by atoms with Crippen LogP contribution in [-0.4, -0.2) is 19.9 Å². The Morgan fingerprint density at radius 2 is 0.711 bits per heavy atom. The molecule has 0 aliphatic carbocycles. The Morgan fingerprint density at radius 1 is 0.342 bits per heavy atom. The smallest absolute Gasteiger partial charge is 0.0888 e. The van der Waals surface area contributed by atoms with Crippen molar-refractivity contribution in [1.29, 1.82) is 0 Å². The molecule has 0 N–H and O–H groups in total. The molecule has 0 saturated carbocycles. The number of aromatic nitrogens is 4. The molecule has 0 saturated heterocycles. The molecule has 0 bridgehead atoms. The van der Waals surface area contributed by atoms with Crippen LogP contribution in [0.4, 0.5) is 0 Å². The van der Waals surface area contributed by atoms with Crippen molar-refractivity contribution in [2.24, 2.45) is 0 Å². The minimum absolute atomic E-state index is 0.954. The molecule has 4 aromatic rings. The molecule has 0 aromatic carbocycles. The lowest BCUT2D eigenvalue weighted by Crippen LogP contribution is -1.91. The lowest BCUT2D eigenvalue weighted by Gasteiger charge is -2.06. The van der Waals surface area contributed by atoms with Crippen molar-refractivity contribution < 1.29 is 0 Å². The first kappa shape index (κ1) is 27.6. The van der Waals surface area contributed by atoms with Crippen LogP contribution in [0.15, 0.2) is 85.5 Å². The second-order valence-corrected chi connectivity index (χ2v) is 10.3. The molecule has 4 nitrogen and oxygen atoms in total. The third kappa shape index (κ3) is 9.81. The summed E-state index contributed by atoms with van der Waals surface area (Å²) in [6.07, 6.45) is 26.0. The first-order valence-electron chi connectivity index (χ1n) is 14.6. The predicted molar refractivity (Wildman–Crippen MR) is 158 cm³/mol. The average molecular weight is 507 g/mol. The van der Waals surface area contributed by atoms with Crippen LogP contribution in [0, 0.1) is 0 Å². The number of rotatable bonds is 17. The maximum Gasteiger partial charge on any atom is 0.0888 e. The lowest BCUT2D eigenvalue weighted by atomic mass is 10.0. The van der Waals surface area contributed by atoms with Gasteiger partial charge in [-0.15, -0.1) is 0 Å². The van der Waals surface area contributed by atoms with E-state index in [4.69, 9.17) is 0 Å². The summed E-state index contributed by atoms with van der Waals surface area (Å²) in [5, 5.41) is 0. The third-order valence-electron chi connectivity index (χ3n) is 7.18. The van der Waals surface area contributed by atoms with Crippen LogP contribution in [0.25, 0.3) is 22.8 Å². The Balaban J connectivity index is 0.962. The quantitative estimate of drug-likeness (QED) is 0.134. The monoisotopic (exact) mass is 506 g/mol. The van der Waals surface area contributed by atoms with Crippen LogP contribution in [0.5, 0.6) is 0 Å². The van der Waals surface area contributed by atoms with E-state index in [9.17, 15) is 0 Å². The van der Waals surface area contributed by atoms with Gasteiger partial charge in [0.05, 0.1) is 22.8 Å². The molecule has 0 atom stereocenters. The number of hydrogen-bond acceptors (Lipinski definition) is 4. The summed E-state index contributed by atoms with van der Waals surface area (Å²) < 4.78 is 0. The molecular formula is C34H42N4. The maximum atomic E-state index is 4.48. The van der Waals surface area contributed by atoms with E-state index in [0.717, 1.165) is 35.6 Å². The molecule has 198 valence electrons. The Hall–Kier alpha value is -3.40. The van der Waals surface area contributed by atoms with Crippen LogP contribution in [0.2, 0.25) is 0 Å². The first-order valence-corrected chi connectivity index (χ1v) is 14.6. The highest BCUT2D eigenvalue weighted by molar-refractivity contribution is 5.55. The molecule has 0 aliphatic rings. The Kier molecular flexibility index (Phi) is 12.0. The van der Waals surface area contributed by atoms with Crippen molar-refractivity contribution in [1.82, 2.24) is 19.9 Å². The summed E-state index contributed by atoms with van der Waals surface area (Å²) in [6.45, 7) is 0. The molecule has 4 aromatic heterocycles. The predicted octanol–water partition coefficient (Wildman–Crippen LogP) is 9.07. The fourth-order valence-corrected chi connectivity index (χ4v) is 4.99. The van der Waals surface area contributed by atoms with Crippen LogP contribution in [-0.2, 0) is 12.8 Å². The zero-order chi connectivity index (χ0) is 26.1. The summed E-state index contributed by atoms with van der Waals surface area (Å²) in [5.74, 6) is 0. The van der Waals surface area contributed by atoms with Crippen molar-refractivity contribution in [3.63, 3.8) is 0 Å². The first-order chi connectivity index (χ1) is 18.9. The minimum Gasteiger partial charge on any atom is -0.255 e. The van der Waals surface area contributed by atoms with Gasteiger partial charge < -0.3 is 0 Å². The average Bonchev–Trinajstić information content (AvgIpc) is 2.98. The van der Waals surface area contributed by atoms with Crippen molar-refractivity contribution in [2.75, 3.05) is 0 Å². The largest absolute Gasteiger partial charge is 0.255 e. The summed E-state index contributed by atoms with van der Waals surface area (Å²) in [7, 11) is 0. The molecule has 0 radical (unpaired) electrons. The SMILES string of the molecule is c1ccc(-c2cc(CCCCCCCCCCCCCCc3ccnc(-c4ccccn4)c3)ccn2)nc1. The molecule has 0 amide bonds. The van der Waals surface area contributed by atoms with Gasteiger partial charge in [0.25, 0.3) is 0 Å². The van der Waals surface area contributed by atoms with E-state index in [2.05, 4.69) is 44.2 Å². The van der Waals surface area contributed by atoms with E-state index in [0.29, 0.717) is 0 Å². The van der Waals surface area contributed by atoms with Crippen molar-refractivity contribution in [3.8, 4) is 22.8 Å². The number of unbranched alkanes of at least 4 members (excludes halogenated alkanes) is 11. The second kappa shape index (κ2) is 16.4. The summed E-state index contributed by atoms with van der Waals surface area (Å²) in [5.41, 5.74) is 6.61. The van der Waals surface area contributed by atoms with Gasteiger partial charge in [0, 0.05) is 24.8 Å². The van der Waals surface area contributed by atoms with Gasteiger partial charge in [-0.3, -0.25) is 19.9 Å². The number of nitrogens with zero attached hydrogens (tertiary/aromatic N) is 4. The Labute approximate surface area is 229 Å². The molecule has 38 heavy (non-hydrogen) atoms. The lowest BCUT2D eigenvalue weighted by molar-refractivity contribution is 0.540. The van der Waals surface area contributed by atoms with E-state index in [1.54, 1.807) is 0 Å². The highest BCUT2D eigenvalue weighted by Gasteiger charge is 2.03. The molecule has 0 spiro atoms. The van der Waals surface area contributed by atoms with Crippen LogP contribution in [0.3, 0.4) is 0 Å². The molecule has 4 rings (SSSR count). The minimum atomic E-state index is 0.954. The summed E-state index contributed by atoms with van der Waals surface area (Å²) in [4.78, 5) is 17.8. The summed E-state index contributed by atoms with van der Waals surface area (Å²) >= 11 is 0. The molecule has 0 aliphatic heterocycles. The molecule has 4 heterocycles. The molecule has 0 fully saturated rings. The van der Waals surface area contributed by atoms with E-state index in [1.807, 2.05) is 61.2 Å². The van der Waals surface area contributed by atoms with Crippen LogP contribution in [0.1, 0.15) is 88.2 Å². The molecular weight excluding hydrogens is 464 g/mol. The van der Waals surface area contributed by atoms with E-state index in [1.165, 1.54) is 88.2 Å². The molecule has 0 unspecified atom stereocenters. The van der Waals surface area contributed by atoms with Gasteiger partial charge in [0.1, 0.15) is 0 Å². The Morgan fingerprint density at radius 3 is 1.08 bits per heavy atom. The fourth-order valence-electron chi connectivity index (χ4n) is 4.99.